The van der Waals surface area contributed by atoms with Crippen molar-refractivity contribution in [2.45, 2.75) is 33.3 Å². The standard InChI is InChI=1S/C9H14N2O2.C2H6/c1-9(2,12)6-13-8-4-3-7(10)5-11-8;1-2/h3-5,12H,6,10H2,1-2H3;1-2H3. The highest BCUT2D eigenvalue weighted by Crippen LogP contribution is 2.10. The number of anilines is 1. The Morgan fingerprint density at radius 2 is 2.00 bits per heavy atom. The molecule has 0 fully saturated rings. The van der Waals surface area contributed by atoms with E-state index in [4.69, 9.17) is 10.5 Å². The molecule has 86 valence electrons. The van der Waals surface area contributed by atoms with Crippen LogP contribution in [-0.4, -0.2) is 22.3 Å². The van der Waals surface area contributed by atoms with Crippen LogP contribution in [0.5, 0.6) is 5.88 Å². The van der Waals surface area contributed by atoms with Gasteiger partial charge in [-0.2, -0.15) is 0 Å². The van der Waals surface area contributed by atoms with E-state index in [1.165, 1.54) is 6.20 Å². The maximum absolute atomic E-state index is 9.36. The fraction of sp³-hybridized carbons (Fsp3) is 0.545. The monoisotopic (exact) mass is 212 g/mol. The van der Waals surface area contributed by atoms with Gasteiger partial charge < -0.3 is 15.6 Å². The van der Waals surface area contributed by atoms with Crippen molar-refractivity contribution in [3.05, 3.63) is 18.3 Å². The number of hydrogen-bond acceptors (Lipinski definition) is 4. The summed E-state index contributed by atoms with van der Waals surface area (Å²) >= 11 is 0. The van der Waals surface area contributed by atoms with Crippen LogP contribution in [0.25, 0.3) is 0 Å². The summed E-state index contributed by atoms with van der Waals surface area (Å²) in [7, 11) is 0. The van der Waals surface area contributed by atoms with E-state index in [-0.39, 0.29) is 6.61 Å². The second-order valence-corrected chi connectivity index (χ2v) is 3.53. The third kappa shape index (κ3) is 6.74. The summed E-state index contributed by atoms with van der Waals surface area (Å²) in [6.45, 7) is 7.55. The summed E-state index contributed by atoms with van der Waals surface area (Å²) in [4.78, 5) is 3.92. The zero-order valence-corrected chi connectivity index (χ0v) is 9.82. The van der Waals surface area contributed by atoms with Crippen molar-refractivity contribution in [2.75, 3.05) is 12.3 Å². The van der Waals surface area contributed by atoms with Gasteiger partial charge in [-0.1, -0.05) is 13.8 Å². The molecule has 0 radical (unpaired) electrons. The zero-order valence-electron chi connectivity index (χ0n) is 9.82. The molecular weight excluding hydrogens is 192 g/mol. The van der Waals surface area contributed by atoms with Crippen LogP contribution in [0.2, 0.25) is 0 Å². The number of nitrogens with zero attached hydrogens (tertiary/aromatic N) is 1. The summed E-state index contributed by atoms with van der Waals surface area (Å²) in [5.74, 6) is 0.469. The minimum atomic E-state index is -0.844. The molecular formula is C11H20N2O2. The number of ether oxygens (including phenoxy) is 1. The summed E-state index contributed by atoms with van der Waals surface area (Å²) in [6.07, 6.45) is 1.51. The maximum Gasteiger partial charge on any atom is 0.213 e. The Kier molecular flexibility index (Phi) is 5.70. The molecule has 15 heavy (non-hydrogen) atoms. The summed E-state index contributed by atoms with van der Waals surface area (Å²) in [5.41, 5.74) is 5.19. The first-order valence-electron chi connectivity index (χ1n) is 5.04. The van der Waals surface area contributed by atoms with E-state index in [1.807, 2.05) is 13.8 Å². The fourth-order valence-electron chi connectivity index (χ4n) is 0.728. The van der Waals surface area contributed by atoms with E-state index in [2.05, 4.69) is 4.98 Å². The van der Waals surface area contributed by atoms with Gasteiger partial charge in [0.1, 0.15) is 6.61 Å². The van der Waals surface area contributed by atoms with Crippen molar-refractivity contribution in [2.24, 2.45) is 0 Å². The molecule has 1 heterocycles. The minimum Gasteiger partial charge on any atom is -0.475 e. The highest BCUT2D eigenvalue weighted by molar-refractivity contribution is 5.35. The lowest BCUT2D eigenvalue weighted by Gasteiger charge is -2.16. The molecule has 0 amide bonds. The van der Waals surface area contributed by atoms with E-state index in [0.29, 0.717) is 11.6 Å². The fourth-order valence-corrected chi connectivity index (χ4v) is 0.728. The molecule has 0 saturated carbocycles. The first-order chi connectivity index (χ1) is 6.97. The van der Waals surface area contributed by atoms with Gasteiger partial charge >= 0.3 is 0 Å². The zero-order chi connectivity index (χ0) is 11.9. The quantitative estimate of drug-likeness (QED) is 0.802. The lowest BCUT2D eigenvalue weighted by molar-refractivity contribution is 0.0268. The number of aliphatic hydroxyl groups is 1. The number of pyridine rings is 1. The van der Waals surface area contributed by atoms with Crippen LogP contribution in [0.4, 0.5) is 5.69 Å². The largest absolute Gasteiger partial charge is 0.475 e. The Balaban J connectivity index is 0.000000921. The molecule has 4 heteroatoms. The molecule has 0 aromatic carbocycles. The third-order valence-electron chi connectivity index (χ3n) is 1.33. The first-order valence-corrected chi connectivity index (χ1v) is 5.04. The molecule has 0 unspecified atom stereocenters. The molecule has 0 aliphatic rings. The molecule has 0 spiro atoms. The third-order valence-corrected chi connectivity index (χ3v) is 1.33. The highest BCUT2D eigenvalue weighted by atomic mass is 16.5. The predicted molar refractivity (Wildman–Crippen MR) is 61.8 cm³/mol. The molecule has 0 aliphatic heterocycles. The topological polar surface area (TPSA) is 68.4 Å². The smallest absolute Gasteiger partial charge is 0.213 e. The Morgan fingerprint density at radius 3 is 2.40 bits per heavy atom. The minimum absolute atomic E-state index is 0.212. The molecule has 4 nitrogen and oxygen atoms in total. The van der Waals surface area contributed by atoms with Crippen molar-refractivity contribution in [3.63, 3.8) is 0 Å². The second-order valence-electron chi connectivity index (χ2n) is 3.53. The molecule has 0 aliphatic carbocycles. The van der Waals surface area contributed by atoms with Gasteiger partial charge in [0.15, 0.2) is 0 Å². The average Bonchev–Trinajstić information content (AvgIpc) is 2.19. The van der Waals surface area contributed by atoms with Crippen LogP contribution in [-0.2, 0) is 0 Å². The maximum atomic E-state index is 9.36. The van der Waals surface area contributed by atoms with Gasteiger partial charge in [0.2, 0.25) is 5.88 Å². The SMILES string of the molecule is CC.CC(C)(O)COc1ccc(N)cn1. The molecule has 0 saturated heterocycles. The lowest BCUT2D eigenvalue weighted by Crippen LogP contribution is -2.28. The number of nitrogen functional groups attached to an aromatic ring is 1. The van der Waals surface area contributed by atoms with Gasteiger partial charge in [0, 0.05) is 6.07 Å². The van der Waals surface area contributed by atoms with Gasteiger partial charge in [-0.15, -0.1) is 0 Å². The normalized spacial score (nSPS) is 10.2. The summed E-state index contributed by atoms with van der Waals surface area (Å²) < 4.78 is 5.21. The number of hydrogen-bond donors (Lipinski definition) is 2. The van der Waals surface area contributed by atoms with Crippen molar-refractivity contribution in [1.82, 2.24) is 4.98 Å². The van der Waals surface area contributed by atoms with E-state index < -0.39 is 5.60 Å². The van der Waals surface area contributed by atoms with Gasteiger partial charge in [0.05, 0.1) is 17.5 Å². The van der Waals surface area contributed by atoms with Gasteiger partial charge in [-0.25, -0.2) is 4.98 Å². The van der Waals surface area contributed by atoms with Gasteiger partial charge in [0.25, 0.3) is 0 Å². The summed E-state index contributed by atoms with van der Waals surface area (Å²) in [5, 5.41) is 9.36. The van der Waals surface area contributed by atoms with E-state index in [9.17, 15) is 5.11 Å². The molecule has 1 aromatic heterocycles. The Morgan fingerprint density at radius 1 is 1.40 bits per heavy atom. The second kappa shape index (κ2) is 6.24. The molecule has 3 N–H and O–H groups in total. The highest BCUT2D eigenvalue weighted by Gasteiger charge is 2.13. The molecule has 0 atom stereocenters. The van der Waals surface area contributed by atoms with Crippen LogP contribution < -0.4 is 10.5 Å². The number of nitrogens with two attached hydrogens (primary N) is 1. The lowest BCUT2D eigenvalue weighted by atomic mass is 10.2. The van der Waals surface area contributed by atoms with Crippen LogP contribution in [0, 0.1) is 0 Å². The van der Waals surface area contributed by atoms with Crippen LogP contribution in [0.3, 0.4) is 0 Å². The summed E-state index contributed by atoms with van der Waals surface area (Å²) in [6, 6.07) is 3.37. The predicted octanol–water partition coefficient (Wildman–Crippen LogP) is 1.84. The van der Waals surface area contributed by atoms with Gasteiger partial charge in [-0.3, -0.25) is 0 Å². The molecule has 1 aromatic rings. The number of aromatic nitrogens is 1. The van der Waals surface area contributed by atoms with Crippen molar-refractivity contribution < 1.29 is 9.84 Å². The van der Waals surface area contributed by atoms with Crippen molar-refractivity contribution >= 4 is 5.69 Å². The van der Waals surface area contributed by atoms with Crippen LogP contribution >= 0.6 is 0 Å². The van der Waals surface area contributed by atoms with E-state index >= 15 is 0 Å². The van der Waals surface area contributed by atoms with Gasteiger partial charge in [-0.05, 0) is 19.9 Å². The van der Waals surface area contributed by atoms with Crippen molar-refractivity contribution in [1.29, 1.82) is 0 Å². The van der Waals surface area contributed by atoms with Crippen LogP contribution in [0.15, 0.2) is 18.3 Å². The Hall–Kier alpha value is -1.29. The van der Waals surface area contributed by atoms with Crippen molar-refractivity contribution in [3.8, 4) is 5.88 Å². The molecule has 1 rings (SSSR count). The molecule has 0 bridgehead atoms. The van der Waals surface area contributed by atoms with E-state index in [1.54, 1.807) is 26.0 Å². The Labute approximate surface area is 91.1 Å². The van der Waals surface area contributed by atoms with E-state index in [0.717, 1.165) is 0 Å². The number of rotatable bonds is 3. The first kappa shape index (κ1) is 13.7. The average molecular weight is 212 g/mol. The van der Waals surface area contributed by atoms with Crippen LogP contribution in [0.1, 0.15) is 27.7 Å². The Bertz CT molecular complexity index is 265.